The number of anilines is 1. The lowest BCUT2D eigenvalue weighted by Gasteiger charge is -2.47. The van der Waals surface area contributed by atoms with Crippen molar-refractivity contribution in [2.75, 3.05) is 25.6 Å². The minimum absolute atomic E-state index is 0.000670. The van der Waals surface area contributed by atoms with Crippen LogP contribution in [-0.4, -0.2) is 223 Å². The number of esters is 1. The second-order valence-electron chi connectivity index (χ2n) is 30.1. The van der Waals surface area contributed by atoms with Gasteiger partial charge < -0.3 is 153 Å². The summed E-state index contributed by atoms with van der Waals surface area (Å²) in [5, 5.41) is 122. The van der Waals surface area contributed by atoms with E-state index >= 15 is 19.2 Å². The molecule has 18 atom stereocenters. The van der Waals surface area contributed by atoms with Gasteiger partial charge in [0.2, 0.25) is 53.4 Å². The van der Waals surface area contributed by atoms with E-state index in [9.17, 15) is 98.6 Å². The van der Waals surface area contributed by atoms with Gasteiger partial charge in [-0.2, -0.15) is 0 Å². The molecule has 2 saturated heterocycles. The second-order valence-corrected chi connectivity index (χ2v) is 34.9. The highest BCUT2D eigenvalue weighted by molar-refractivity contribution is 7.70. The Kier molecular flexibility index (Phi) is 28.2. The molecule has 13 rings (SSSR count). The molecule has 0 aliphatic carbocycles. The van der Waals surface area contributed by atoms with Gasteiger partial charge in [0.05, 0.1) is 41.3 Å². The monoisotopic (exact) mass is 1770 g/mol. The van der Waals surface area contributed by atoms with E-state index in [1.807, 2.05) is 0 Å². The largest absolute Gasteiger partial charge is 0.508 e. The summed E-state index contributed by atoms with van der Waals surface area (Å²) >= 11 is 14.2. The van der Waals surface area contributed by atoms with Crippen LogP contribution in [0.15, 0.2) is 103 Å². The molecular weight excluding hydrogens is 1680 g/mol. The van der Waals surface area contributed by atoms with E-state index in [4.69, 9.17) is 67.8 Å². The first-order valence-corrected chi connectivity index (χ1v) is 41.3. The average Bonchev–Trinajstić information content (AvgIpc) is 0.762. The second kappa shape index (κ2) is 37.2. The van der Waals surface area contributed by atoms with Crippen molar-refractivity contribution in [3.63, 3.8) is 0 Å². The van der Waals surface area contributed by atoms with Gasteiger partial charge in [0.15, 0.2) is 41.9 Å². The molecule has 7 aliphatic heterocycles. The molecule has 41 nitrogen and oxygen atoms in total. The summed E-state index contributed by atoms with van der Waals surface area (Å²) in [6.45, 7) is 4.30. The van der Waals surface area contributed by atoms with Crippen molar-refractivity contribution < 1.29 is 151 Å². The predicted octanol–water partition coefficient (Wildman–Crippen LogP) is 0.428. The molecule has 6 aromatic carbocycles. The van der Waals surface area contributed by atoms with Crippen LogP contribution in [0.25, 0.3) is 11.1 Å². The summed E-state index contributed by atoms with van der Waals surface area (Å²) in [6.07, 6.45) is -20.0. The van der Waals surface area contributed by atoms with Crippen LogP contribution in [0, 0.1) is 5.92 Å². The zero-order valence-corrected chi connectivity index (χ0v) is 67.8. The van der Waals surface area contributed by atoms with Crippen LogP contribution in [0.2, 0.25) is 10.0 Å². The number of phenolic OH excluding ortho intramolecular Hbond substituents is 3. The maximum absolute atomic E-state index is 16.3. The van der Waals surface area contributed by atoms with E-state index in [2.05, 4.69) is 42.5 Å². The molecular formula is C76H88Cl2N10O31P2. The fourth-order valence-electron chi connectivity index (χ4n) is 14.3. The Morgan fingerprint density at radius 2 is 1.28 bits per heavy atom. The number of ether oxygens (including phenoxy) is 7. The highest BCUT2D eigenvalue weighted by Crippen LogP contribution is 2.61. The summed E-state index contributed by atoms with van der Waals surface area (Å²) < 4.78 is 67.9. The number of halogens is 2. The van der Waals surface area contributed by atoms with Crippen LogP contribution in [0.5, 0.6) is 46.0 Å². The summed E-state index contributed by atoms with van der Waals surface area (Å²) in [5.41, 5.74) is 7.39. The standard InChI is InChI=1S/C76H88Cl2N10O31P2/c1-29(2)16-42(81-5)68(100)87-59-61(95)33-9-14-46(40(77)19-33)115-48-21-35-22-49(65(48)119-75-66(64(98)63(97)50(27-89)117-75)118-53-26-76(4,80)67(99)30(3)114-53)116-47-15-10-34(20-41(47)78)62(96)60-73(105)86-58(74(106)113-28-52(94)82-36-11-6-31(7-12-36)17-54(120(107,108)109)121(110,111)112)39-23-37(90)24-45(92)55(39)38-18-32(8-13-44(38)91)56(70(102)88-60)85-71(103)57(35)84-69(101)43(25-51(79)93)83-72(59)104/h6-15,18-24,29-30,42-43,50,53-54,56-64,66-67,75,81,89-92,95-99H,16-17,25-28,80H2,1-5H3,(H2,79,93)(H,82,94)(H,83,104)(H,84,101)(H,85,103)(H,86,105)(H,87,100)(H,88,102)(H2,107,108,109)(H2,110,111,112)/t30-,42+,43-,50+,53-,56+,57+,58-,59+,60-,61+,62+,63+,64-,66+,67-,75-,76-/m0/s1. The molecule has 8 amide bonds. The number of carbonyl (C=O) groups is 9. The summed E-state index contributed by atoms with van der Waals surface area (Å²) in [7, 11) is -9.27. The number of nitrogens with one attached hydrogen (secondary N) is 8. The van der Waals surface area contributed by atoms with Crippen LogP contribution in [0.3, 0.4) is 0 Å². The summed E-state index contributed by atoms with van der Waals surface area (Å²) in [5.74, 6) is -17.9. The first-order chi connectivity index (χ1) is 56.8. The number of aliphatic hydroxyl groups is 6. The number of rotatable bonds is 20. The Balaban J connectivity index is 1.09. The smallest absolute Gasteiger partial charge is 0.341 e. The third kappa shape index (κ3) is 20.9. The minimum atomic E-state index is -5.36. The first kappa shape index (κ1) is 91.5. The fraction of sp³-hybridized carbons (Fsp3) is 0.408. The molecule has 0 aromatic heterocycles. The number of nitrogens with two attached hydrogens (primary N) is 2. The molecule has 11 bridgehead atoms. The molecule has 25 N–H and O–H groups in total. The van der Waals surface area contributed by atoms with Crippen molar-refractivity contribution in [2.45, 2.75) is 168 Å². The number of aromatic hydroxyl groups is 3. The number of aliphatic hydroxyl groups excluding tert-OH is 6. The number of likely N-dealkylation sites (N-methyl/N-ethyl adjacent to an activating group) is 1. The van der Waals surface area contributed by atoms with Crippen molar-refractivity contribution in [3.05, 3.63) is 147 Å². The Bertz CT molecular complexity index is 5080. The number of hydrogen-bond acceptors (Lipinski definition) is 29. The lowest BCUT2D eigenvalue weighted by atomic mass is 9.86. The number of carbonyl (C=O) groups excluding carboxylic acids is 9. The van der Waals surface area contributed by atoms with Gasteiger partial charge in [-0.25, -0.2) is 4.79 Å². The number of benzene rings is 6. The summed E-state index contributed by atoms with van der Waals surface area (Å²) in [4.78, 5) is 173. The number of fused-ring (bicyclic) bond motifs is 15. The van der Waals surface area contributed by atoms with E-state index in [0.29, 0.717) is 6.07 Å². The molecule has 2 fully saturated rings. The Morgan fingerprint density at radius 1 is 0.686 bits per heavy atom. The van der Waals surface area contributed by atoms with E-state index in [-0.39, 0.29) is 46.9 Å². The van der Waals surface area contributed by atoms with Gasteiger partial charge in [-0.3, -0.25) is 47.5 Å². The van der Waals surface area contributed by atoms with E-state index < -0.39 is 287 Å². The molecule has 6 aromatic rings. The Hall–Kier alpha value is -10.2. The molecule has 45 heteroatoms. The SMILES string of the molecule is CN[C@H](CC(C)C)C(=O)N[C@H]1C(=O)N[C@@H](CC(N)=O)C(=O)N[C@H]2C(=O)N[C@H]3C(=O)N[C@H](C(=O)N[C@H](C(=O)OCC(=O)Nc4ccc(CC(P(=O)(O)O)P(=O)(O)O)cc4)c4cc(O)cc(O)c4-c4cc3ccc4O)[C@H](O)c3ccc(c(Cl)c3)Oc3cc2cc(c3O[C@@H]2O[C@H](CO)[C@@H](O)[C@H](O)[C@H]2O[C@H]2C[C@](C)(N)[C@@H](O)[C@H](C)O2)Oc2ccc(cc2Cl)[C@H]1O. The van der Waals surface area contributed by atoms with E-state index in [1.54, 1.807) is 13.8 Å². The van der Waals surface area contributed by atoms with E-state index in [0.717, 1.165) is 91.0 Å². The lowest BCUT2D eigenvalue weighted by Crippen LogP contribution is -2.64. The molecule has 0 spiro atoms. The Labute approximate surface area is 696 Å². The highest BCUT2D eigenvalue weighted by Gasteiger charge is 2.52. The van der Waals surface area contributed by atoms with E-state index in [1.165, 1.54) is 27.0 Å². The zero-order chi connectivity index (χ0) is 88.5. The van der Waals surface area contributed by atoms with Crippen molar-refractivity contribution in [3.8, 4) is 57.1 Å². The van der Waals surface area contributed by atoms with Crippen LogP contribution >= 0.6 is 38.4 Å². The third-order valence-electron chi connectivity index (χ3n) is 20.5. The highest BCUT2D eigenvalue weighted by atomic mass is 35.5. The van der Waals surface area contributed by atoms with Crippen molar-refractivity contribution >= 4 is 97.3 Å². The number of primary amides is 1. The number of amides is 8. The average molecular weight is 1770 g/mol. The van der Waals surface area contributed by atoms with Gasteiger partial charge in [0, 0.05) is 40.4 Å². The topological polar surface area (TPSA) is 664 Å². The van der Waals surface area contributed by atoms with Gasteiger partial charge in [0.25, 0.3) is 5.91 Å². The molecule has 0 radical (unpaired) electrons. The predicted molar refractivity (Wildman–Crippen MR) is 419 cm³/mol. The molecule has 121 heavy (non-hydrogen) atoms. The van der Waals surface area contributed by atoms with Gasteiger partial charge in [0.1, 0.15) is 89.5 Å². The quantitative estimate of drug-likeness (QED) is 0.0364. The van der Waals surface area contributed by atoms with Gasteiger partial charge in [-0.15, -0.1) is 0 Å². The third-order valence-corrected chi connectivity index (χ3v) is 24.9. The van der Waals surface area contributed by atoms with Crippen LogP contribution in [0.1, 0.15) is 111 Å². The van der Waals surface area contributed by atoms with Gasteiger partial charge >= 0.3 is 21.2 Å². The maximum Gasteiger partial charge on any atom is 0.341 e. The van der Waals surface area contributed by atoms with Gasteiger partial charge in [-0.05, 0) is 134 Å². The molecule has 7 heterocycles. The van der Waals surface area contributed by atoms with Crippen molar-refractivity contribution in [2.24, 2.45) is 17.4 Å². The van der Waals surface area contributed by atoms with Crippen LogP contribution in [0.4, 0.5) is 5.69 Å². The maximum atomic E-state index is 16.3. The normalized spacial score (nSPS) is 26.8. The van der Waals surface area contributed by atoms with Crippen LogP contribution < -0.4 is 68.2 Å². The first-order valence-electron chi connectivity index (χ1n) is 37.2. The van der Waals surface area contributed by atoms with Crippen LogP contribution in [-0.2, 0) is 77.6 Å². The summed E-state index contributed by atoms with van der Waals surface area (Å²) in [6, 6.07) is 2.78. The number of phenols is 3. The number of hydrogen-bond donors (Lipinski definition) is 23. The van der Waals surface area contributed by atoms with Gasteiger partial charge in [-0.1, -0.05) is 67.4 Å². The van der Waals surface area contributed by atoms with Crippen molar-refractivity contribution in [1.82, 2.24) is 37.2 Å². The Morgan fingerprint density at radius 3 is 1.86 bits per heavy atom. The molecule has 652 valence electrons. The molecule has 0 saturated carbocycles. The minimum Gasteiger partial charge on any atom is -0.508 e. The lowest BCUT2D eigenvalue weighted by molar-refractivity contribution is -0.333. The fourth-order valence-corrected chi connectivity index (χ4v) is 17.2. The van der Waals surface area contributed by atoms with Crippen molar-refractivity contribution in [1.29, 1.82) is 0 Å². The molecule has 0 unspecified atom stereocenters. The molecule has 7 aliphatic rings. The zero-order valence-electron chi connectivity index (χ0n) is 64.5.